The maximum Gasteiger partial charge on any atom is 0.106 e. The average Bonchev–Trinajstić information content (AvgIpc) is 2.49. The normalized spacial score (nSPS) is 32.1. The quantitative estimate of drug-likeness (QED) is 0.706. The van der Waals surface area contributed by atoms with Gasteiger partial charge in [-0.1, -0.05) is 29.8 Å². The molecular weight excluding hydrogens is 174 g/mol. The fourth-order valence-electron chi connectivity index (χ4n) is 2.17. The molecule has 0 amide bonds. The molecular formula is C12H17NO. The van der Waals surface area contributed by atoms with Crippen LogP contribution in [0.1, 0.15) is 24.5 Å². The number of nitrogens with one attached hydrogen (secondary N) is 1. The Kier molecular flexibility index (Phi) is 2.33. The molecule has 1 aromatic rings. The van der Waals surface area contributed by atoms with Crippen molar-refractivity contribution in [2.45, 2.75) is 31.9 Å². The fraction of sp³-hybridized carbons (Fsp3) is 0.500. The molecule has 14 heavy (non-hydrogen) atoms. The summed E-state index contributed by atoms with van der Waals surface area (Å²) in [6.07, 6.45) is 0.803. The van der Waals surface area contributed by atoms with Gasteiger partial charge in [0.2, 0.25) is 0 Å². The Bertz CT molecular complexity index is 337. The van der Waals surface area contributed by atoms with Crippen molar-refractivity contribution in [2.24, 2.45) is 0 Å². The van der Waals surface area contributed by atoms with Gasteiger partial charge in [0, 0.05) is 6.04 Å². The van der Waals surface area contributed by atoms with Crippen LogP contribution in [0.5, 0.6) is 0 Å². The Morgan fingerprint density at radius 3 is 2.86 bits per heavy atom. The number of aliphatic hydroxyl groups is 1. The lowest BCUT2D eigenvalue weighted by atomic mass is 9.87. The first-order valence-electron chi connectivity index (χ1n) is 5.16. The Balaban J connectivity index is 2.38. The third-order valence-corrected chi connectivity index (χ3v) is 3.19. The van der Waals surface area contributed by atoms with E-state index in [4.69, 9.17) is 0 Å². The molecule has 1 aliphatic rings. The lowest BCUT2D eigenvalue weighted by Crippen LogP contribution is -2.37. The Hall–Kier alpha value is -0.860. The van der Waals surface area contributed by atoms with Crippen molar-refractivity contribution in [3.05, 3.63) is 35.4 Å². The van der Waals surface area contributed by atoms with E-state index in [-0.39, 0.29) is 6.04 Å². The lowest BCUT2D eigenvalue weighted by Gasteiger charge is -2.27. The van der Waals surface area contributed by atoms with Gasteiger partial charge in [0.05, 0.1) is 0 Å². The van der Waals surface area contributed by atoms with Crippen LogP contribution in [0.25, 0.3) is 0 Å². The molecule has 0 saturated carbocycles. The molecule has 2 N–H and O–H groups in total. The lowest BCUT2D eigenvalue weighted by molar-refractivity contribution is 0.0292. The summed E-state index contributed by atoms with van der Waals surface area (Å²) >= 11 is 0. The second-order valence-corrected chi connectivity index (χ2v) is 4.22. The number of hydrogen-bond acceptors (Lipinski definition) is 2. The molecule has 0 radical (unpaired) electrons. The molecule has 2 rings (SSSR count). The van der Waals surface area contributed by atoms with Crippen LogP contribution in [0, 0.1) is 6.92 Å². The largest absolute Gasteiger partial charge is 0.383 e. The van der Waals surface area contributed by atoms with Gasteiger partial charge in [-0.05, 0) is 32.4 Å². The van der Waals surface area contributed by atoms with Gasteiger partial charge in [0.25, 0.3) is 0 Å². The topological polar surface area (TPSA) is 32.3 Å². The highest BCUT2D eigenvalue weighted by atomic mass is 16.3. The number of rotatable bonds is 1. The summed E-state index contributed by atoms with van der Waals surface area (Å²) in [5.74, 6) is 0. The molecule has 76 valence electrons. The van der Waals surface area contributed by atoms with Gasteiger partial charge in [-0.3, -0.25) is 0 Å². The van der Waals surface area contributed by atoms with Gasteiger partial charge < -0.3 is 10.4 Å². The van der Waals surface area contributed by atoms with E-state index in [1.165, 1.54) is 5.56 Å². The summed E-state index contributed by atoms with van der Waals surface area (Å²) in [6.45, 7) is 4.99. The monoisotopic (exact) mass is 191 g/mol. The minimum Gasteiger partial charge on any atom is -0.383 e. The molecule has 2 unspecified atom stereocenters. The molecule has 1 heterocycles. The van der Waals surface area contributed by atoms with Gasteiger partial charge in [-0.15, -0.1) is 0 Å². The summed E-state index contributed by atoms with van der Waals surface area (Å²) in [5, 5.41) is 13.8. The molecule has 2 atom stereocenters. The second-order valence-electron chi connectivity index (χ2n) is 4.22. The summed E-state index contributed by atoms with van der Waals surface area (Å²) in [6, 6.07) is 8.29. The maximum absolute atomic E-state index is 10.5. The number of hydrogen-bond donors (Lipinski definition) is 2. The SMILES string of the molecule is Cc1cccc(C2(O)CCNC2C)c1. The first-order chi connectivity index (χ1) is 6.63. The van der Waals surface area contributed by atoms with Crippen LogP contribution in [0.2, 0.25) is 0 Å². The number of aryl methyl sites for hydroxylation is 1. The third kappa shape index (κ3) is 1.45. The van der Waals surface area contributed by atoms with Crippen LogP contribution in [-0.4, -0.2) is 17.7 Å². The maximum atomic E-state index is 10.5. The minimum atomic E-state index is -0.675. The molecule has 1 aliphatic heterocycles. The highest BCUT2D eigenvalue weighted by Crippen LogP contribution is 2.32. The molecule has 2 heteroatoms. The van der Waals surface area contributed by atoms with E-state index in [1.54, 1.807) is 0 Å². The molecule has 1 aromatic carbocycles. The second kappa shape index (κ2) is 3.37. The van der Waals surface area contributed by atoms with Crippen molar-refractivity contribution in [1.29, 1.82) is 0 Å². The van der Waals surface area contributed by atoms with Crippen LogP contribution in [0.3, 0.4) is 0 Å². The summed E-state index contributed by atoms with van der Waals surface area (Å²) in [5.41, 5.74) is 1.57. The number of benzene rings is 1. The van der Waals surface area contributed by atoms with Crippen molar-refractivity contribution in [3.8, 4) is 0 Å². The van der Waals surface area contributed by atoms with Crippen LogP contribution in [0.15, 0.2) is 24.3 Å². The first-order valence-corrected chi connectivity index (χ1v) is 5.16. The first kappa shape index (κ1) is 9.69. The minimum absolute atomic E-state index is 0.143. The highest BCUT2D eigenvalue weighted by molar-refractivity contribution is 5.29. The van der Waals surface area contributed by atoms with E-state index < -0.39 is 5.60 Å². The predicted octanol–water partition coefficient (Wildman–Crippen LogP) is 1.56. The highest BCUT2D eigenvalue weighted by Gasteiger charge is 2.39. The summed E-state index contributed by atoms with van der Waals surface area (Å²) in [7, 11) is 0. The zero-order chi connectivity index (χ0) is 10.2. The smallest absolute Gasteiger partial charge is 0.106 e. The summed E-state index contributed by atoms with van der Waals surface area (Å²) < 4.78 is 0. The van der Waals surface area contributed by atoms with Crippen LogP contribution in [-0.2, 0) is 5.60 Å². The van der Waals surface area contributed by atoms with Gasteiger partial charge in [0.15, 0.2) is 0 Å². The van der Waals surface area contributed by atoms with E-state index >= 15 is 0 Å². The Labute approximate surface area is 85.0 Å². The van der Waals surface area contributed by atoms with Gasteiger partial charge in [-0.2, -0.15) is 0 Å². The van der Waals surface area contributed by atoms with Crippen LogP contribution >= 0.6 is 0 Å². The molecule has 0 aliphatic carbocycles. The third-order valence-electron chi connectivity index (χ3n) is 3.19. The van der Waals surface area contributed by atoms with Crippen molar-refractivity contribution in [1.82, 2.24) is 5.32 Å². The molecule has 2 nitrogen and oxygen atoms in total. The molecule has 0 aromatic heterocycles. The van der Waals surface area contributed by atoms with Gasteiger partial charge >= 0.3 is 0 Å². The van der Waals surface area contributed by atoms with Gasteiger partial charge in [0.1, 0.15) is 5.60 Å². The fourth-order valence-corrected chi connectivity index (χ4v) is 2.17. The Morgan fingerprint density at radius 1 is 1.50 bits per heavy atom. The van der Waals surface area contributed by atoms with Crippen molar-refractivity contribution < 1.29 is 5.11 Å². The molecule has 0 spiro atoms. The van der Waals surface area contributed by atoms with Crippen LogP contribution < -0.4 is 5.32 Å². The Morgan fingerprint density at radius 2 is 2.29 bits per heavy atom. The van der Waals surface area contributed by atoms with Crippen molar-refractivity contribution >= 4 is 0 Å². The van der Waals surface area contributed by atoms with E-state index in [1.807, 2.05) is 19.1 Å². The van der Waals surface area contributed by atoms with E-state index in [9.17, 15) is 5.11 Å². The zero-order valence-corrected chi connectivity index (χ0v) is 8.75. The molecule has 0 bridgehead atoms. The van der Waals surface area contributed by atoms with E-state index in [2.05, 4.69) is 24.4 Å². The van der Waals surface area contributed by atoms with E-state index in [0.717, 1.165) is 18.5 Å². The standard InChI is InChI=1S/C12H17NO/c1-9-4-3-5-11(8-9)12(14)6-7-13-10(12)2/h3-5,8,10,13-14H,6-7H2,1-2H3. The van der Waals surface area contributed by atoms with Crippen LogP contribution in [0.4, 0.5) is 0 Å². The van der Waals surface area contributed by atoms with E-state index in [0.29, 0.717) is 0 Å². The summed E-state index contributed by atoms with van der Waals surface area (Å²) in [4.78, 5) is 0. The predicted molar refractivity (Wildman–Crippen MR) is 57.2 cm³/mol. The van der Waals surface area contributed by atoms with Crippen molar-refractivity contribution in [2.75, 3.05) is 6.54 Å². The molecule has 1 saturated heterocycles. The van der Waals surface area contributed by atoms with Gasteiger partial charge in [-0.25, -0.2) is 0 Å². The zero-order valence-electron chi connectivity index (χ0n) is 8.75. The average molecular weight is 191 g/mol. The van der Waals surface area contributed by atoms with Crippen molar-refractivity contribution in [3.63, 3.8) is 0 Å². The molecule has 1 fully saturated rings.